The van der Waals surface area contributed by atoms with Gasteiger partial charge in [0.2, 0.25) is 0 Å². The van der Waals surface area contributed by atoms with Crippen molar-refractivity contribution < 1.29 is 4.74 Å². The van der Waals surface area contributed by atoms with Crippen LogP contribution in [0.5, 0.6) is 0 Å². The summed E-state index contributed by atoms with van der Waals surface area (Å²) < 4.78 is 5.48. The van der Waals surface area contributed by atoms with Crippen molar-refractivity contribution in [2.45, 2.75) is 26.7 Å². The average Bonchev–Trinajstić information content (AvgIpc) is 2.56. The second-order valence-corrected chi connectivity index (χ2v) is 6.04. The first-order valence-electron chi connectivity index (χ1n) is 8.13. The van der Waals surface area contributed by atoms with Crippen molar-refractivity contribution in [2.75, 3.05) is 37.7 Å². The lowest BCUT2D eigenvalue weighted by atomic mass is 10.0. The van der Waals surface area contributed by atoms with E-state index in [0.29, 0.717) is 6.54 Å². The van der Waals surface area contributed by atoms with Crippen molar-refractivity contribution in [1.29, 1.82) is 0 Å². The molecule has 1 aliphatic rings. The van der Waals surface area contributed by atoms with Gasteiger partial charge in [0.05, 0.1) is 18.7 Å². The standard InChI is InChI=1S/C18H25N3O/c1-13-5-6-15-12-16(4-3-7-19)18(20-17(15)14(13)2)21-8-10-22-11-9-21/h5-6,12H,3-4,7-11,19H2,1-2H3. The molecule has 4 heteroatoms. The summed E-state index contributed by atoms with van der Waals surface area (Å²) in [5.41, 5.74) is 10.7. The van der Waals surface area contributed by atoms with Crippen molar-refractivity contribution >= 4 is 16.7 Å². The van der Waals surface area contributed by atoms with E-state index in [2.05, 4.69) is 36.9 Å². The van der Waals surface area contributed by atoms with Gasteiger partial charge in [-0.2, -0.15) is 0 Å². The number of pyridine rings is 1. The van der Waals surface area contributed by atoms with Gasteiger partial charge < -0.3 is 15.4 Å². The molecular weight excluding hydrogens is 274 g/mol. The van der Waals surface area contributed by atoms with Crippen LogP contribution in [-0.4, -0.2) is 37.8 Å². The number of fused-ring (bicyclic) bond motifs is 1. The molecule has 1 fully saturated rings. The van der Waals surface area contributed by atoms with E-state index in [9.17, 15) is 0 Å². The summed E-state index contributed by atoms with van der Waals surface area (Å²) in [6.07, 6.45) is 1.98. The SMILES string of the molecule is Cc1ccc2cc(CCCN)c(N3CCOCC3)nc2c1C. The Labute approximate surface area is 132 Å². The zero-order valence-corrected chi connectivity index (χ0v) is 13.6. The van der Waals surface area contributed by atoms with Gasteiger partial charge in [0.25, 0.3) is 0 Å². The van der Waals surface area contributed by atoms with Gasteiger partial charge in [-0.3, -0.25) is 0 Å². The maximum atomic E-state index is 5.71. The summed E-state index contributed by atoms with van der Waals surface area (Å²) in [5.74, 6) is 1.12. The van der Waals surface area contributed by atoms with Crippen molar-refractivity contribution in [2.24, 2.45) is 5.73 Å². The van der Waals surface area contributed by atoms with Crippen LogP contribution in [0, 0.1) is 13.8 Å². The average molecular weight is 299 g/mol. The first-order chi connectivity index (χ1) is 10.7. The number of anilines is 1. The lowest BCUT2D eigenvalue weighted by Gasteiger charge is -2.30. The molecule has 2 aromatic rings. The smallest absolute Gasteiger partial charge is 0.132 e. The molecule has 0 saturated carbocycles. The summed E-state index contributed by atoms with van der Waals surface area (Å²) in [6, 6.07) is 6.66. The van der Waals surface area contributed by atoms with Gasteiger partial charge in [-0.25, -0.2) is 4.98 Å². The minimum absolute atomic E-state index is 0.716. The molecule has 0 bridgehead atoms. The second-order valence-electron chi connectivity index (χ2n) is 6.04. The molecule has 0 spiro atoms. The van der Waals surface area contributed by atoms with Gasteiger partial charge in [0, 0.05) is 18.5 Å². The number of nitrogens with zero attached hydrogens (tertiary/aromatic N) is 2. The van der Waals surface area contributed by atoms with Crippen LogP contribution in [0.25, 0.3) is 10.9 Å². The first kappa shape index (κ1) is 15.3. The summed E-state index contributed by atoms with van der Waals surface area (Å²) in [6.45, 7) is 8.41. The molecule has 1 aromatic heterocycles. The second kappa shape index (κ2) is 6.63. The van der Waals surface area contributed by atoms with Gasteiger partial charge >= 0.3 is 0 Å². The van der Waals surface area contributed by atoms with E-state index < -0.39 is 0 Å². The predicted molar refractivity (Wildman–Crippen MR) is 91.6 cm³/mol. The van der Waals surface area contributed by atoms with Crippen LogP contribution in [-0.2, 0) is 11.2 Å². The lowest BCUT2D eigenvalue weighted by molar-refractivity contribution is 0.122. The van der Waals surface area contributed by atoms with Crippen LogP contribution in [0.3, 0.4) is 0 Å². The molecule has 4 nitrogen and oxygen atoms in total. The highest BCUT2D eigenvalue weighted by Gasteiger charge is 2.18. The van der Waals surface area contributed by atoms with Crippen molar-refractivity contribution in [1.82, 2.24) is 4.98 Å². The van der Waals surface area contributed by atoms with E-state index in [0.717, 1.165) is 50.5 Å². The van der Waals surface area contributed by atoms with E-state index in [1.54, 1.807) is 0 Å². The van der Waals surface area contributed by atoms with Gasteiger partial charge in [-0.05, 0) is 56.0 Å². The Hall–Kier alpha value is -1.65. The number of aryl methyl sites for hydroxylation is 3. The molecule has 2 heterocycles. The molecule has 0 aliphatic carbocycles. The minimum atomic E-state index is 0.716. The van der Waals surface area contributed by atoms with Gasteiger partial charge in [-0.1, -0.05) is 12.1 Å². The fourth-order valence-electron chi connectivity index (χ4n) is 3.04. The molecule has 1 saturated heterocycles. The predicted octanol–water partition coefficient (Wildman–Crippen LogP) is 2.58. The van der Waals surface area contributed by atoms with Crippen LogP contribution in [0.1, 0.15) is 23.1 Å². The Morgan fingerprint density at radius 2 is 2.00 bits per heavy atom. The topological polar surface area (TPSA) is 51.4 Å². The van der Waals surface area contributed by atoms with Crippen LogP contribution in [0.15, 0.2) is 18.2 Å². The Morgan fingerprint density at radius 1 is 1.23 bits per heavy atom. The molecule has 0 atom stereocenters. The number of rotatable bonds is 4. The van der Waals surface area contributed by atoms with Gasteiger partial charge in [0.1, 0.15) is 5.82 Å². The third kappa shape index (κ3) is 2.94. The number of ether oxygens (including phenoxy) is 1. The minimum Gasteiger partial charge on any atom is -0.378 e. The monoisotopic (exact) mass is 299 g/mol. The number of nitrogens with two attached hydrogens (primary N) is 1. The molecule has 118 valence electrons. The first-order valence-corrected chi connectivity index (χ1v) is 8.13. The Kier molecular flexibility index (Phi) is 4.60. The van der Waals surface area contributed by atoms with Crippen LogP contribution < -0.4 is 10.6 Å². The molecule has 1 aliphatic heterocycles. The highest BCUT2D eigenvalue weighted by atomic mass is 16.5. The Morgan fingerprint density at radius 3 is 2.73 bits per heavy atom. The van der Waals surface area contributed by atoms with Crippen LogP contribution in [0.4, 0.5) is 5.82 Å². The van der Waals surface area contributed by atoms with Crippen LogP contribution in [0.2, 0.25) is 0 Å². The van der Waals surface area contributed by atoms with Crippen molar-refractivity contribution in [3.05, 3.63) is 34.9 Å². The number of aromatic nitrogens is 1. The molecular formula is C18H25N3O. The summed E-state index contributed by atoms with van der Waals surface area (Å²) >= 11 is 0. The normalized spacial score (nSPS) is 15.5. The quantitative estimate of drug-likeness (QED) is 0.943. The van der Waals surface area contributed by atoms with E-state index >= 15 is 0 Å². The highest BCUT2D eigenvalue weighted by molar-refractivity contribution is 5.85. The zero-order chi connectivity index (χ0) is 15.5. The van der Waals surface area contributed by atoms with Crippen molar-refractivity contribution in [3.63, 3.8) is 0 Å². The summed E-state index contributed by atoms with van der Waals surface area (Å²) in [7, 11) is 0. The third-order valence-electron chi connectivity index (χ3n) is 4.53. The molecule has 0 radical (unpaired) electrons. The molecule has 0 unspecified atom stereocenters. The Bertz CT molecular complexity index is 663. The zero-order valence-electron chi connectivity index (χ0n) is 13.6. The van der Waals surface area contributed by atoms with Crippen molar-refractivity contribution in [3.8, 4) is 0 Å². The molecule has 1 aromatic carbocycles. The largest absolute Gasteiger partial charge is 0.378 e. The maximum Gasteiger partial charge on any atom is 0.132 e. The molecule has 2 N–H and O–H groups in total. The molecule has 22 heavy (non-hydrogen) atoms. The summed E-state index contributed by atoms with van der Waals surface area (Å²) in [5, 5.41) is 1.23. The van der Waals surface area contributed by atoms with Crippen LogP contribution >= 0.6 is 0 Å². The molecule has 3 rings (SSSR count). The fourth-order valence-corrected chi connectivity index (χ4v) is 3.04. The van der Waals surface area contributed by atoms with Gasteiger partial charge in [-0.15, -0.1) is 0 Å². The fraction of sp³-hybridized carbons (Fsp3) is 0.500. The number of morpholine rings is 1. The molecule has 0 amide bonds. The third-order valence-corrected chi connectivity index (χ3v) is 4.53. The highest BCUT2D eigenvalue weighted by Crippen LogP contribution is 2.28. The van der Waals surface area contributed by atoms with E-state index in [1.807, 2.05) is 0 Å². The van der Waals surface area contributed by atoms with E-state index in [-0.39, 0.29) is 0 Å². The Balaban J connectivity index is 2.10. The number of hydrogen-bond acceptors (Lipinski definition) is 4. The number of benzene rings is 1. The maximum absolute atomic E-state index is 5.71. The van der Waals surface area contributed by atoms with E-state index in [1.165, 1.54) is 22.1 Å². The summed E-state index contributed by atoms with van der Waals surface area (Å²) in [4.78, 5) is 7.40. The lowest BCUT2D eigenvalue weighted by Crippen LogP contribution is -2.37. The number of hydrogen-bond donors (Lipinski definition) is 1. The van der Waals surface area contributed by atoms with Gasteiger partial charge in [0.15, 0.2) is 0 Å². The van der Waals surface area contributed by atoms with E-state index in [4.69, 9.17) is 15.5 Å².